The molecule has 0 spiro atoms. The van der Waals surface area contributed by atoms with E-state index in [1.54, 1.807) is 0 Å². The maximum atomic E-state index is 4.27. The summed E-state index contributed by atoms with van der Waals surface area (Å²) in [5.41, 5.74) is 2.35. The summed E-state index contributed by atoms with van der Waals surface area (Å²) < 4.78 is 0. The molecule has 1 aliphatic carbocycles. The van der Waals surface area contributed by atoms with E-state index in [4.69, 9.17) is 0 Å². The Labute approximate surface area is 97.7 Å². The SMILES string of the molecule is Cc1ccc(CNCCCNC2CC2)cn1. The van der Waals surface area contributed by atoms with Crippen LogP contribution in [0.3, 0.4) is 0 Å². The zero-order chi connectivity index (χ0) is 11.2. The van der Waals surface area contributed by atoms with Crippen LogP contribution >= 0.6 is 0 Å². The number of hydrogen-bond donors (Lipinski definition) is 2. The van der Waals surface area contributed by atoms with Gasteiger partial charge in [-0.1, -0.05) is 6.07 Å². The molecule has 88 valence electrons. The number of hydrogen-bond acceptors (Lipinski definition) is 3. The van der Waals surface area contributed by atoms with E-state index in [1.165, 1.54) is 24.8 Å². The fourth-order valence-corrected chi connectivity index (χ4v) is 1.64. The van der Waals surface area contributed by atoms with Crippen molar-refractivity contribution >= 4 is 0 Å². The summed E-state index contributed by atoms with van der Waals surface area (Å²) in [4.78, 5) is 4.27. The normalized spacial score (nSPS) is 15.3. The molecule has 0 unspecified atom stereocenters. The van der Waals surface area contributed by atoms with Gasteiger partial charge in [-0.05, 0) is 50.9 Å². The number of rotatable bonds is 7. The van der Waals surface area contributed by atoms with E-state index in [0.717, 1.165) is 31.4 Å². The Morgan fingerprint density at radius 1 is 1.31 bits per heavy atom. The lowest BCUT2D eigenvalue weighted by molar-refractivity contribution is 0.592. The lowest BCUT2D eigenvalue weighted by Crippen LogP contribution is -2.23. The van der Waals surface area contributed by atoms with E-state index in [2.05, 4.69) is 27.8 Å². The Hall–Kier alpha value is -0.930. The average molecular weight is 219 g/mol. The zero-order valence-corrected chi connectivity index (χ0v) is 10.00. The lowest BCUT2D eigenvalue weighted by atomic mass is 10.2. The van der Waals surface area contributed by atoms with Crippen molar-refractivity contribution in [1.82, 2.24) is 15.6 Å². The molecule has 1 aromatic rings. The molecular formula is C13H21N3. The maximum Gasteiger partial charge on any atom is 0.0372 e. The first-order valence-electron chi connectivity index (χ1n) is 6.20. The van der Waals surface area contributed by atoms with Crippen LogP contribution in [0.2, 0.25) is 0 Å². The molecule has 1 saturated carbocycles. The Kier molecular flexibility index (Phi) is 4.31. The van der Waals surface area contributed by atoms with Crippen LogP contribution < -0.4 is 10.6 Å². The molecule has 0 saturated heterocycles. The van der Waals surface area contributed by atoms with Gasteiger partial charge < -0.3 is 10.6 Å². The second-order valence-corrected chi connectivity index (χ2v) is 4.57. The van der Waals surface area contributed by atoms with E-state index in [1.807, 2.05) is 13.1 Å². The molecule has 2 rings (SSSR count). The molecule has 0 atom stereocenters. The zero-order valence-electron chi connectivity index (χ0n) is 10.00. The summed E-state index contributed by atoms with van der Waals surface area (Å²) in [6.07, 6.45) is 5.91. The molecule has 1 aliphatic rings. The van der Waals surface area contributed by atoms with Crippen LogP contribution in [0.25, 0.3) is 0 Å². The van der Waals surface area contributed by atoms with Gasteiger partial charge >= 0.3 is 0 Å². The predicted molar refractivity (Wildman–Crippen MR) is 66.3 cm³/mol. The molecule has 1 heterocycles. The fraction of sp³-hybridized carbons (Fsp3) is 0.615. The van der Waals surface area contributed by atoms with Crippen LogP contribution in [0.15, 0.2) is 18.3 Å². The minimum Gasteiger partial charge on any atom is -0.314 e. The topological polar surface area (TPSA) is 37.0 Å². The molecule has 2 N–H and O–H groups in total. The van der Waals surface area contributed by atoms with E-state index in [0.29, 0.717) is 0 Å². The molecule has 1 aromatic heterocycles. The molecule has 1 fully saturated rings. The second kappa shape index (κ2) is 5.97. The molecule has 0 radical (unpaired) electrons. The van der Waals surface area contributed by atoms with E-state index in [9.17, 15) is 0 Å². The van der Waals surface area contributed by atoms with Gasteiger partial charge in [0.2, 0.25) is 0 Å². The first kappa shape index (κ1) is 11.6. The Morgan fingerprint density at radius 2 is 2.19 bits per heavy atom. The van der Waals surface area contributed by atoms with Gasteiger partial charge in [-0.3, -0.25) is 4.98 Å². The van der Waals surface area contributed by atoms with Gasteiger partial charge in [0.1, 0.15) is 0 Å². The quantitative estimate of drug-likeness (QED) is 0.684. The minimum absolute atomic E-state index is 0.835. The molecule has 0 amide bonds. The second-order valence-electron chi connectivity index (χ2n) is 4.57. The monoisotopic (exact) mass is 219 g/mol. The van der Waals surface area contributed by atoms with Crippen LogP contribution in [-0.2, 0) is 6.54 Å². The summed E-state index contributed by atoms with van der Waals surface area (Å²) in [6.45, 7) is 5.16. The lowest BCUT2D eigenvalue weighted by Gasteiger charge is -2.05. The molecular weight excluding hydrogens is 198 g/mol. The summed E-state index contributed by atoms with van der Waals surface area (Å²) in [7, 11) is 0. The molecule has 0 bridgehead atoms. The highest BCUT2D eigenvalue weighted by atomic mass is 14.9. The number of aryl methyl sites for hydroxylation is 1. The van der Waals surface area contributed by atoms with Gasteiger partial charge in [0.15, 0.2) is 0 Å². The highest BCUT2D eigenvalue weighted by Crippen LogP contribution is 2.18. The van der Waals surface area contributed by atoms with E-state index >= 15 is 0 Å². The highest BCUT2D eigenvalue weighted by Gasteiger charge is 2.19. The van der Waals surface area contributed by atoms with Gasteiger partial charge in [0.25, 0.3) is 0 Å². The van der Waals surface area contributed by atoms with Crippen molar-refractivity contribution in [3.8, 4) is 0 Å². The van der Waals surface area contributed by atoms with Gasteiger partial charge in [0, 0.05) is 24.5 Å². The van der Waals surface area contributed by atoms with Gasteiger partial charge in [-0.25, -0.2) is 0 Å². The van der Waals surface area contributed by atoms with Gasteiger partial charge in [-0.15, -0.1) is 0 Å². The van der Waals surface area contributed by atoms with Gasteiger partial charge in [0.05, 0.1) is 0 Å². The Bertz CT molecular complexity index is 303. The first-order valence-corrected chi connectivity index (χ1v) is 6.20. The summed E-state index contributed by atoms with van der Waals surface area (Å²) in [6, 6.07) is 5.03. The van der Waals surface area contributed by atoms with Crippen molar-refractivity contribution < 1.29 is 0 Å². The third-order valence-electron chi connectivity index (χ3n) is 2.84. The molecule has 0 aromatic carbocycles. The average Bonchev–Trinajstić information content (AvgIpc) is 3.10. The fourth-order valence-electron chi connectivity index (χ4n) is 1.64. The standard InChI is InChI=1S/C13H21N3/c1-11-3-4-12(10-16-11)9-14-7-2-8-15-13-5-6-13/h3-4,10,13-15H,2,5-9H2,1H3. The third kappa shape index (κ3) is 4.29. The van der Waals surface area contributed by atoms with Crippen molar-refractivity contribution in [2.24, 2.45) is 0 Å². The number of nitrogens with one attached hydrogen (secondary N) is 2. The summed E-state index contributed by atoms with van der Waals surface area (Å²) in [5.74, 6) is 0. The van der Waals surface area contributed by atoms with Crippen molar-refractivity contribution in [2.75, 3.05) is 13.1 Å². The number of nitrogens with zero attached hydrogens (tertiary/aromatic N) is 1. The largest absolute Gasteiger partial charge is 0.314 e. The van der Waals surface area contributed by atoms with Gasteiger partial charge in [-0.2, -0.15) is 0 Å². The van der Waals surface area contributed by atoms with Crippen molar-refractivity contribution in [2.45, 2.75) is 38.8 Å². The van der Waals surface area contributed by atoms with Crippen LogP contribution in [-0.4, -0.2) is 24.1 Å². The molecule has 3 heteroatoms. The van der Waals surface area contributed by atoms with Crippen LogP contribution in [0.4, 0.5) is 0 Å². The van der Waals surface area contributed by atoms with Crippen molar-refractivity contribution in [3.63, 3.8) is 0 Å². The Balaban J connectivity index is 1.51. The third-order valence-corrected chi connectivity index (χ3v) is 2.84. The number of pyridine rings is 1. The van der Waals surface area contributed by atoms with Crippen LogP contribution in [0.1, 0.15) is 30.5 Å². The Morgan fingerprint density at radius 3 is 2.88 bits per heavy atom. The predicted octanol–water partition coefficient (Wildman–Crippen LogP) is 1.62. The molecule has 16 heavy (non-hydrogen) atoms. The van der Waals surface area contributed by atoms with Crippen LogP contribution in [0.5, 0.6) is 0 Å². The molecule has 0 aliphatic heterocycles. The minimum atomic E-state index is 0.835. The summed E-state index contributed by atoms with van der Waals surface area (Å²) in [5, 5.41) is 6.95. The van der Waals surface area contributed by atoms with Crippen LogP contribution in [0, 0.1) is 6.92 Å². The first-order chi connectivity index (χ1) is 7.84. The maximum absolute atomic E-state index is 4.27. The highest BCUT2D eigenvalue weighted by molar-refractivity contribution is 5.12. The van der Waals surface area contributed by atoms with E-state index < -0.39 is 0 Å². The molecule has 3 nitrogen and oxygen atoms in total. The van der Waals surface area contributed by atoms with Crippen molar-refractivity contribution in [3.05, 3.63) is 29.6 Å². The van der Waals surface area contributed by atoms with Crippen molar-refractivity contribution in [1.29, 1.82) is 0 Å². The number of aromatic nitrogens is 1. The smallest absolute Gasteiger partial charge is 0.0372 e. The van der Waals surface area contributed by atoms with E-state index in [-0.39, 0.29) is 0 Å². The summed E-state index contributed by atoms with van der Waals surface area (Å²) >= 11 is 0.